The maximum atomic E-state index is 13.6. The van der Waals surface area contributed by atoms with E-state index in [2.05, 4.69) is 11.4 Å². The Balaban J connectivity index is 1.79. The number of ether oxygens (including phenoxy) is 1. The Morgan fingerprint density at radius 3 is 2.39 bits per heavy atom. The van der Waals surface area contributed by atoms with E-state index in [0.29, 0.717) is 23.6 Å². The van der Waals surface area contributed by atoms with Crippen molar-refractivity contribution >= 4 is 40.1 Å². The predicted octanol–water partition coefficient (Wildman–Crippen LogP) is 5.55. The fraction of sp³-hybridized carbons (Fsp3) is 0.200. The number of para-hydroxylation sites is 2. The van der Waals surface area contributed by atoms with Crippen LogP contribution in [0.15, 0.2) is 65.7 Å². The fourth-order valence-corrected chi connectivity index (χ4v) is 4.45. The molecule has 2 amide bonds. The fourth-order valence-electron chi connectivity index (χ4n) is 3.68. The maximum absolute atomic E-state index is 13.6. The Morgan fingerprint density at radius 2 is 1.71 bits per heavy atom. The topological polar surface area (TPSA) is 58.6 Å². The van der Waals surface area contributed by atoms with Gasteiger partial charge in [-0.2, -0.15) is 0 Å². The highest BCUT2D eigenvalue weighted by molar-refractivity contribution is 7.11. The third-order valence-electron chi connectivity index (χ3n) is 4.91. The number of rotatable bonds is 7. The number of carbonyl (C=O) groups excluding carboxylic acids is 2. The number of amides is 2. The number of thiophene rings is 1. The highest BCUT2D eigenvalue weighted by Gasteiger charge is 2.41. The molecule has 0 saturated carbocycles. The largest absolute Gasteiger partial charge is 0.491 e. The Morgan fingerprint density at radius 1 is 0.968 bits per heavy atom. The van der Waals surface area contributed by atoms with Crippen molar-refractivity contribution in [3.63, 3.8) is 0 Å². The molecule has 1 aliphatic rings. The number of nitrogens with one attached hydrogen (secondary N) is 1. The van der Waals surface area contributed by atoms with E-state index in [9.17, 15) is 9.59 Å². The van der Waals surface area contributed by atoms with Crippen molar-refractivity contribution in [2.75, 3.05) is 16.8 Å². The summed E-state index contributed by atoms with van der Waals surface area (Å²) in [5.74, 6) is -0.226. The number of benzene rings is 2. The van der Waals surface area contributed by atoms with Gasteiger partial charge in [0.1, 0.15) is 11.4 Å². The van der Waals surface area contributed by atoms with E-state index in [1.807, 2.05) is 56.5 Å². The van der Waals surface area contributed by atoms with Gasteiger partial charge < -0.3 is 10.1 Å². The van der Waals surface area contributed by atoms with Gasteiger partial charge >= 0.3 is 0 Å². The maximum Gasteiger partial charge on any atom is 0.282 e. The molecule has 0 spiro atoms. The summed E-state index contributed by atoms with van der Waals surface area (Å²) in [6.07, 6.45) is 0.828. The zero-order valence-electron chi connectivity index (χ0n) is 17.8. The van der Waals surface area contributed by atoms with Crippen LogP contribution < -0.4 is 15.0 Å². The quantitative estimate of drug-likeness (QED) is 0.497. The lowest BCUT2D eigenvalue weighted by Crippen LogP contribution is -2.32. The molecule has 5 nitrogen and oxygen atoms in total. The SMILES string of the molecule is CCCOc1ccccc1N1C(=O)C(Nc2cc(C)cc(C)c2)=C(c2cccs2)C1=O. The van der Waals surface area contributed by atoms with Crippen LogP contribution in [0.1, 0.15) is 29.3 Å². The zero-order chi connectivity index (χ0) is 22.0. The summed E-state index contributed by atoms with van der Waals surface area (Å²) >= 11 is 1.43. The van der Waals surface area contributed by atoms with E-state index in [1.165, 1.54) is 16.2 Å². The number of hydrogen-bond donors (Lipinski definition) is 1. The van der Waals surface area contributed by atoms with Crippen molar-refractivity contribution in [1.82, 2.24) is 0 Å². The van der Waals surface area contributed by atoms with Gasteiger partial charge in [-0.25, -0.2) is 4.90 Å². The van der Waals surface area contributed by atoms with E-state index in [-0.39, 0.29) is 17.5 Å². The molecule has 2 aromatic carbocycles. The van der Waals surface area contributed by atoms with Crippen molar-refractivity contribution in [2.24, 2.45) is 0 Å². The summed E-state index contributed by atoms with van der Waals surface area (Å²) in [7, 11) is 0. The van der Waals surface area contributed by atoms with Gasteiger partial charge in [-0.05, 0) is 67.1 Å². The third kappa shape index (κ3) is 4.11. The molecule has 4 rings (SSSR count). The molecule has 0 fully saturated rings. The van der Waals surface area contributed by atoms with E-state index in [0.717, 1.165) is 28.1 Å². The van der Waals surface area contributed by atoms with E-state index >= 15 is 0 Å². The molecule has 0 atom stereocenters. The molecule has 0 aliphatic carbocycles. The highest BCUT2D eigenvalue weighted by Crippen LogP contribution is 2.39. The number of anilines is 2. The van der Waals surface area contributed by atoms with Crippen LogP contribution in [0, 0.1) is 13.8 Å². The first-order valence-electron chi connectivity index (χ1n) is 10.2. The van der Waals surface area contributed by atoms with Gasteiger partial charge in [0.05, 0.1) is 17.9 Å². The number of nitrogens with zero attached hydrogens (tertiary/aromatic N) is 1. The lowest BCUT2D eigenvalue weighted by atomic mass is 10.1. The van der Waals surface area contributed by atoms with Gasteiger partial charge in [-0.15, -0.1) is 11.3 Å². The molecule has 1 aliphatic heterocycles. The van der Waals surface area contributed by atoms with Crippen molar-refractivity contribution < 1.29 is 14.3 Å². The molecule has 0 unspecified atom stereocenters. The molecule has 31 heavy (non-hydrogen) atoms. The molecule has 158 valence electrons. The van der Waals surface area contributed by atoms with Crippen LogP contribution in [0.5, 0.6) is 5.75 Å². The molecule has 3 aromatic rings. The summed E-state index contributed by atoms with van der Waals surface area (Å²) in [6.45, 7) is 6.52. The number of aryl methyl sites for hydroxylation is 2. The second-order valence-electron chi connectivity index (χ2n) is 7.49. The first kappa shape index (κ1) is 20.9. The van der Waals surface area contributed by atoms with Gasteiger partial charge in [0.2, 0.25) is 0 Å². The van der Waals surface area contributed by atoms with Crippen LogP contribution in [-0.2, 0) is 9.59 Å². The number of hydrogen-bond acceptors (Lipinski definition) is 5. The highest BCUT2D eigenvalue weighted by atomic mass is 32.1. The summed E-state index contributed by atoms with van der Waals surface area (Å²) in [4.78, 5) is 29.1. The minimum Gasteiger partial charge on any atom is -0.491 e. The van der Waals surface area contributed by atoms with Gasteiger partial charge in [0.15, 0.2) is 0 Å². The first-order valence-corrected chi connectivity index (χ1v) is 11.1. The van der Waals surface area contributed by atoms with Gasteiger partial charge in [0, 0.05) is 10.6 Å². The second-order valence-corrected chi connectivity index (χ2v) is 8.44. The summed E-state index contributed by atoms with van der Waals surface area (Å²) in [6, 6.07) is 16.9. The van der Waals surface area contributed by atoms with Crippen molar-refractivity contribution in [3.05, 3.63) is 81.7 Å². The Labute approximate surface area is 186 Å². The smallest absolute Gasteiger partial charge is 0.282 e. The first-order chi connectivity index (χ1) is 15.0. The molecule has 0 bridgehead atoms. The van der Waals surface area contributed by atoms with E-state index in [1.54, 1.807) is 18.2 Å². The van der Waals surface area contributed by atoms with Crippen molar-refractivity contribution in [2.45, 2.75) is 27.2 Å². The van der Waals surface area contributed by atoms with E-state index < -0.39 is 0 Å². The Hall–Kier alpha value is -3.38. The molecule has 6 heteroatoms. The van der Waals surface area contributed by atoms with Crippen LogP contribution in [0.3, 0.4) is 0 Å². The van der Waals surface area contributed by atoms with Crippen LogP contribution in [0.2, 0.25) is 0 Å². The van der Waals surface area contributed by atoms with Gasteiger partial charge in [-0.1, -0.05) is 31.2 Å². The van der Waals surface area contributed by atoms with Crippen LogP contribution in [-0.4, -0.2) is 18.4 Å². The van der Waals surface area contributed by atoms with Crippen LogP contribution in [0.4, 0.5) is 11.4 Å². The molecular weight excluding hydrogens is 408 g/mol. The van der Waals surface area contributed by atoms with Gasteiger partial charge in [0.25, 0.3) is 11.8 Å². The number of imide groups is 1. The molecule has 2 heterocycles. The van der Waals surface area contributed by atoms with Crippen LogP contribution >= 0.6 is 11.3 Å². The summed E-state index contributed by atoms with van der Waals surface area (Å²) < 4.78 is 5.82. The Bertz CT molecular complexity index is 1150. The Kier molecular flexibility index (Phi) is 5.91. The second kappa shape index (κ2) is 8.78. The average molecular weight is 433 g/mol. The van der Waals surface area contributed by atoms with E-state index in [4.69, 9.17) is 4.74 Å². The average Bonchev–Trinajstić information content (AvgIpc) is 3.33. The molecule has 1 aromatic heterocycles. The standard InChI is InChI=1S/C25H24N2O3S/c1-4-11-30-20-9-6-5-8-19(20)27-24(28)22(21-10-7-12-31-21)23(25(27)29)26-18-14-16(2)13-17(3)15-18/h5-10,12-15,26H,4,11H2,1-3H3. The lowest BCUT2D eigenvalue weighted by molar-refractivity contribution is -0.120. The normalized spacial score (nSPS) is 13.8. The van der Waals surface area contributed by atoms with Crippen molar-refractivity contribution in [1.29, 1.82) is 0 Å². The molecule has 0 radical (unpaired) electrons. The summed E-state index contributed by atoms with van der Waals surface area (Å²) in [5.41, 5.74) is 4.05. The van der Waals surface area contributed by atoms with Crippen LogP contribution in [0.25, 0.3) is 5.57 Å². The lowest BCUT2D eigenvalue weighted by Gasteiger charge is -2.19. The minimum absolute atomic E-state index is 0.280. The monoisotopic (exact) mass is 432 g/mol. The third-order valence-corrected chi connectivity index (χ3v) is 5.80. The predicted molar refractivity (Wildman–Crippen MR) is 125 cm³/mol. The minimum atomic E-state index is -0.389. The zero-order valence-corrected chi connectivity index (χ0v) is 18.6. The number of carbonyl (C=O) groups is 2. The molecule has 0 saturated heterocycles. The molecule has 1 N–H and O–H groups in total. The molecular formula is C25H24N2O3S. The van der Waals surface area contributed by atoms with Gasteiger partial charge in [-0.3, -0.25) is 9.59 Å². The summed E-state index contributed by atoms with van der Waals surface area (Å²) in [5, 5.41) is 5.14. The van der Waals surface area contributed by atoms with Crippen molar-refractivity contribution in [3.8, 4) is 5.75 Å².